The van der Waals surface area contributed by atoms with Gasteiger partial charge in [0.1, 0.15) is 22.9 Å². The van der Waals surface area contributed by atoms with Crippen LogP contribution in [0.2, 0.25) is 5.02 Å². The van der Waals surface area contributed by atoms with Gasteiger partial charge in [-0.3, -0.25) is 9.78 Å². The highest BCUT2D eigenvalue weighted by Gasteiger charge is 2.33. The van der Waals surface area contributed by atoms with Gasteiger partial charge in [0.05, 0.1) is 16.3 Å². The van der Waals surface area contributed by atoms with Crippen molar-refractivity contribution in [2.75, 3.05) is 10.6 Å². The van der Waals surface area contributed by atoms with Crippen LogP contribution in [0.1, 0.15) is 16.1 Å². The number of phenolic OH excluding ortho intramolecular Hbond substituents is 1. The minimum Gasteiger partial charge on any atom is -0.506 e. The number of aromatic nitrogens is 1. The summed E-state index contributed by atoms with van der Waals surface area (Å²) in [6.07, 6.45) is -3.37. The number of benzene rings is 2. The molecule has 166 valence electrons. The molecule has 0 bridgehead atoms. The van der Waals surface area contributed by atoms with Crippen molar-refractivity contribution in [1.82, 2.24) is 4.98 Å². The van der Waals surface area contributed by atoms with Crippen molar-refractivity contribution in [1.29, 1.82) is 0 Å². The highest BCUT2D eigenvalue weighted by Crippen LogP contribution is 2.36. The fourth-order valence-corrected chi connectivity index (χ4v) is 2.76. The molecule has 0 radical (unpaired) electrons. The van der Waals surface area contributed by atoms with Crippen LogP contribution in [-0.2, 0) is 6.18 Å². The van der Waals surface area contributed by atoms with E-state index in [0.717, 1.165) is 6.07 Å². The number of primary amides is 1. The van der Waals surface area contributed by atoms with Gasteiger partial charge in [0.2, 0.25) is 0 Å². The van der Waals surface area contributed by atoms with E-state index in [2.05, 4.69) is 15.6 Å². The average Bonchev–Trinajstić information content (AvgIpc) is 2.71. The third-order valence-corrected chi connectivity index (χ3v) is 4.30. The van der Waals surface area contributed by atoms with Crippen molar-refractivity contribution in [3.63, 3.8) is 0 Å². The number of ether oxygens (including phenoxy) is 1. The Hall–Kier alpha value is -3.99. The Bertz CT molecular complexity index is 1190. The summed E-state index contributed by atoms with van der Waals surface area (Å²) in [5, 5.41) is 14.2. The normalized spacial score (nSPS) is 11.0. The summed E-state index contributed by atoms with van der Waals surface area (Å²) >= 11 is 5.55. The number of nitrogens with one attached hydrogen (secondary N) is 2. The van der Waals surface area contributed by atoms with Gasteiger partial charge in [-0.05, 0) is 36.4 Å². The SMILES string of the molecule is NC(=O)c1cc(Oc2ccc(NC(=O)Nc3ccc(Cl)c(C(F)(F)F)c3)c(O)c2)ccn1. The number of pyridine rings is 1. The van der Waals surface area contributed by atoms with E-state index in [1.54, 1.807) is 0 Å². The number of aromatic hydroxyl groups is 1. The van der Waals surface area contributed by atoms with E-state index in [4.69, 9.17) is 22.1 Å². The minimum atomic E-state index is -4.69. The molecule has 0 aliphatic heterocycles. The van der Waals surface area contributed by atoms with Crippen molar-refractivity contribution >= 4 is 34.9 Å². The molecule has 32 heavy (non-hydrogen) atoms. The zero-order chi connectivity index (χ0) is 23.5. The van der Waals surface area contributed by atoms with E-state index in [9.17, 15) is 27.9 Å². The Morgan fingerprint density at radius 2 is 1.75 bits per heavy atom. The Morgan fingerprint density at radius 3 is 2.41 bits per heavy atom. The first-order chi connectivity index (χ1) is 15.0. The molecule has 2 aromatic carbocycles. The molecule has 0 fully saturated rings. The van der Waals surface area contributed by atoms with E-state index in [-0.39, 0.29) is 34.3 Å². The lowest BCUT2D eigenvalue weighted by Crippen LogP contribution is -2.20. The molecule has 0 unspecified atom stereocenters. The molecule has 1 aromatic heterocycles. The van der Waals surface area contributed by atoms with E-state index >= 15 is 0 Å². The van der Waals surface area contributed by atoms with E-state index < -0.39 is 28.7 Å². The molecule has 0 spiro atoms. The molecule has 0 aliphatic rings. The second-order valence-corrected chi connectivity index (χ2v) is 6.70. The molecule has 8 nitrogen and oxygen atoms in total. The predicted molar refractivity (Wildman–Crippen MR) is 110 cm³/mol. The number of amides is 3. The number of rotatable bonds is 5. The number of nitrogens with two attached hydrogens (primary N) is 1. The lowest BCUT2D eigenvalue weighted by Gasteiger charge is -2.13. The standard InChI is InChI=1S/C20H14ClF3N4O4/c21-14-3-1-10(7-13(14)20(22,23)24)27-19(31)28-15-4-2-11(9-17(15)29)32-12-5-6-26-16(8-12)18(25)30/h1-9,29H,(H2,25,30)(H2,27,28,31). The third kappa shape index (κ3) is 5.58. The molecule has 3 amide bonds. The summed E-state index contributed by atoms with van der Waals surface area (Å²) in [4.78, 5) is 27.1. The van der Waals surface area contributed by atoms with Crippen LogP contribution in [0.5, 0.6) is 17.2 Å². The molecule has 1 heterocycles. The van der Waals surface area contributed by atoms with Crippen LogP contribution >= 0.6 is 11.6 Å². The molecule has 3 rings (SSSR count). The van der Waals surface area contributed by atoms with Crippen molar-refractivity contribution < 1.29 is 32.6 Å². The van der Waals surface area contributed by atoms with Gasteiger partial charge < -0.3 is 26.2 Å². The van der Waals surface area contributed by atoms with E-state index in [1.165, 1.54) is 42.6 Å². The number of hydrogen-bond donors (Lipinski definition) is 4. The number of nitrogens with zero attached hydrogens (tertiary/aromatic N) is 1. The molecule has 0 saturated heterocycles. The monoisotopic (exact) mass is 466 g/mol. The van der Waals surface area contributed by atoms with Gasteiger partial charge in [0.15, 0.2) is 0 Å². The quantitative estimate of drug-likeness (QED) is 0.394. The maximum atomic E-state index is 12.9. The van der Waals surface area contributed by atoms with Crippen molar-refractivity contribution in [2.24, 2.45) is 5.73 Å². The summed E-state index contributed by atoms with van der Waals surface area (Å²) in [5.74, 6) is -0.724. The largest absolute Gasteiger partial charge is 0.506 e. The highest BCUT2D eigenvalue weighted by molar-refractivity contribution is 6.31. The second kappa shape index (κ2) is 9.02. The number of carbonyl (C=O) groups excluding carboxylic acids is 2. The number of alkyl halides is 3. The molecule has 0 saturated carbocycles. The number of halogens is 4. The molecule has 0 atom stereocenters. The highest BCUT2D eigenvalue weighted by atomic mass is 35.5. The zero-order valence-electron chi connectivity index (χ0n) is 15.9. The number of anilines is 2. The van der Waals surface area contributed by atoms with Crippen LogP contribution in [0.3, 0.4) is 0 Å². The zero-order valence-corrected chi connectivity index (χ0v) is 16.7. The maximum absolute atomic E-state index is 12.9. The number of hydrogen-bond acceptors (Lipinski definition) is 5. The Labute approximate surface area is 183 Å². The van der Waals surface area contributed by atoms with Crippen LogP contribution in [0, 0.1) is 0 Å². The summed E-state index contributed by atoms with van der Waals surface area (Å²) in [6.45, 7) is 0. The van der Waals surface area contributed by atoms with Gasteiger partial charge in [-0.25, -0.2) is 4.79 Å². The molecular weight excluding hydrogens is 453 g/mol. The van der Waals surface area contributed by atoms with Gasteiger partial charge >= 0.3 is 12.2 Å². The number of phenols is 1. The molecule has 0 aliphatic carbocycles. The number of urea groups is 1. The Balaban J connectivity index is 1.69. The van der Waals surface area contributed by atoms with Crippen molar-refractivity contribution in [3.05, 3.63) is 71.0 Å². The first-order valence-electron chi connectivity index (χ1n) is 8.74. The average molecular weight is 467 g/mol. The molecular formula is C20H14ClF3N4O4. The number of carbonyl (C=O) groups is 2. The van der Waals surface area contributed by atoms with Gasteiger partial charge in [-0.2, -0.15) is 13.2 Å². The molecule has 3 aromatic rings. The molecule has 5 N–H and O–H groups in total. The van der Waals surface area contributed by atoms with Gasteiger partial charge in [0.25, 0.3) is 5.91 Å². The fraction of sp³-hybridized carbons (Fsp3) is 0.0500. The Kier molecular flexibility index (Phi) is 6.40. The van der Waals surface area contributed by atoms with Crippen LogP contribution in [-0.4, -0.2) is 22.0 Å². The van der Waals surface area contributed by atoms with Crippen LogP contribution in [0.4, 0.5) is 29.3 Å². The molecule has 12 heteroatoms. The fourth-order valence-electron chi connectivity index (χ4n) is 2.53. The first kappa shape index (κ1) is 22.7. The lowest BCUT2D eigenvalue weighted by molar-refractivity contribution is -0.137. The summed E-state index contributed by atoms with van der Waals surface area (Å²) in [7, 11) is 0. The first-order valence-corrected chi connectivity index (χ1v) is 9.12. The van der Waals surface area contributed by atoms with Gasteiger partial charge in [-0.15, -0.1) is 0 Å². The minimum absolute atomic E-state index is 0.0161. The van der Waals surface area contributed by atoms with Gasteiger partial charge in [0, 0.05) is 24.0 Å². The van der Waals surface area contributed by atoms with E-state index in [0.29, 0.717) is 6.07 Å². The summed E-state index contributed by atoms with van der Waals surface area (Å²) in [5.41, 5.74) is 3.85. The van der Waals surface area contributed by atoms with Crippen LogP contribution < -0.4 is 21.1 Å². The maximum Gasteiger partial charge on any atom is 0.417 e. The van der Waals surface area contributed by atoms with Crippen LogP contribution in [0.15, 0.2) is 54.7 Å². The topological polar surface area (TPSA) is 127 Å². The third-order valence-electron chi connectivity index (χ3n) is 3.97. The lowest BCUT2D eigenvalue weighted by atomic mass is 10.2. The van der Waals surface area contributed by atoms with Crippen molar-refractivity contribution in [3.8, 4) is 17.2 Å². The van der Waals surface area contributed by atoms with E-state index in [1.807, 2.05) is 0 Å². The smallest absolute Gasteiger partial charge is 0.417 e. The summed E-state index contributed by atoms with van der Waals surface area (Å²) in [6, 6.07) is 8.66. The second-order valence-electron chi connectivity index (χ2n) is 6.29. The Morgan fingerprint density at radius 1 is 1.03 bits per heavy atom. The van der Waals surface area contributed by atoms with Gasteiger partial charge in [-0.1, -0.05) is 11.6 Å². The predicted octanol–water partition coefficient (Wildman–Crippen LogP) is 4.99. The van der Waals surface area contributed by atoms with Crippen molar-refractivity contribution in [2.45, 2.75) is 6.18 Å². The van der Waals surface area contributed by atoms with Crippen LogP contribution in [0.25, 0.3) is 0 Å². The summed E-state index contributed by atoms with van der Waals surface area (Å²) < 4.78 is 44.3.